The molecule has 0 amide bonds. The van der Waals surface area contributed by atoms with Crippen LogP contribution in [0.5, 0.6) is 0 Å². The second-order valence-electron chi connectivity index (χ2n) is 9.56. The van der Waals surface area contributed by atoms with Gasteiger partial charge in [0.05, 0.1) is 11.0 Å². The van der Waals surface area contributed by atoms with Gasteiger partial charge in [-0.15, -0.1) is 0 Å². The predicted octanol–water partition coefficient (Wildman–Crippen LogP) is 5.95. The smallest absolute Gasteiger partial charge is 0.332 e. The summed E-state index contributed by atoms with van der Waals surface area (Å²) in [5.41, 5.74) is 1.56. The monoisotopic (exact) mass is 550 g/mol. The molecule has 0 radical (unpaired) electrons. The number of benzene rings is 1. The van der Waals surface area contributed by atoms with Gasteiger partial charge in [0.1, 0.15) is 13.5 Å². The van der Waals surface area contributed by atoms with Crippen molar-refractivity contribution in [3.63, 3.8) is 0 Å². The molecule has 5 nitrogen and oxygen atoms in total. The van der Waals surface area contributed by atoms with Crippen LogP contribution in [0, 0.1) is 0 Å². The van der Waals surface area contributed by atoms with Crippen molar-refractivity contribution in [2.24, 2.45) is 0 Å². The average Bonchev–Trinajstić information content (AvgIpc) is 2.84. The summed E-state index contributed by atoms with van der Waals surface area (Å²) in [6.07, 6.45) is 0. The number of fused-ring (bicyclic) bond motifs is 1. The van der Waals surface area contributed by atoms with E-state index >= 15 is 0 Å². The zero-order chi connectivity index (χ0) is 21.1. The van der Waals surface area contributed by atoms with Crippen LogP contribution >= 0.6 is 31.9 Å². The fourth-order valence-corrected chi connectivity index (χ4v) is 5.27. The summed E-state index contributed by atoms with van der Waals surface area (Å²) in [4.78, 5) is 13.1. The van der Waals surface area contributed by atoms with Gasteiger partial charge in [0, 0.05) is 38.3 Å². The number of hydrogen-bond donors (Lipinski definition) is 0. The Hall–Kier alpha value is -0.196. The van der Waals surface area contributed by atoms with Crippen LogP contribution in [0.4, 0.5) is 0 Å². The Morgan fingerprint density at radius 2 is 1.14 bits per heavy atom. The van der Waals surface area contributed by atoms with Crippen molar-refractivity contribution in [3.8, 4) is 0 Å². The number of aromatic nitrogens is 2. The van der Waals surface area contributed by atoms with Crippen molar-refractivity contribution in [1.82, 2.24) is 9.13 Å². The molecule has 1 aromatic heterocycles. The van der Waals surface area contributed by atoms with E-state index in [2.05, 4.69) is 71.1 Å². The molecular formula is C19H32Br2N2O3Si2. The van der Waals surface area contributed by atoms with Crippen LogP contribution in [0.1, 0.15) is 0 Å². The van der Waals surface area contributed by atoms with E-state index in [4.69, 9.17) is 9.47 Å². The summed E-state index contributed by atoms with van der Waals surface area (Å²) < 4.78 is 16.9. The lowest BCUT2D eigenvalue weighted by molar-refractivity contribution is 0.0754. The molecule has 0 N–H and O–H groups in total. The first-order chi connectivity index (χ1) is 12.9. The van der Waals surface area contributed by atoms with Crippen LogP contribution in [-0.2, 0) is 22.9 Å². The fourth-order valence-electron chi connectivity index (χ4n) is 2.69. The van der Waals surface area contributed by atoms with Gasteiger partial charge in [0.25, 0.3) is 0 Å². The molecule has 0 unspecified atom stereocenters. The van der Waals surface area contributed by atoms with Crippen molar-refractivity contribution in [3.05, 3.63) is 31.6 Å². The number of nitrogens with zero attached hydrogens (tertiary/aromatic N) is 2. The maximum absolute atomic E-state index is 13.1. The number of hydrogen-bond acceptors (Lipinski definition) is 3. The van der Waals surface area contributed by atoms with Crippen molar-refractivity contribution >= 4 is 59.0 Å². The third kappa shape index (κ3) is 6.67. The Morgan fingerprint density at radius 1 is 0.786 bits per heavy atom. The minimum absolute atomic E-state index is 0.108. The Kier molecular flexibility index (Phi) is 8.38. The molecule has 1 aromatic carbocycles. The van der Waals surface area contributed by atoms with E-state index in [-0.39, 0.29) is 19.2 Å². The second-order valence-corrected chi connectivity index (χ2v) is 22.5. The SMILES string of the molecule is C[Si](C)(C)CCOCn1c(=O)n(COCC[Si](C)(C)C)c2c(Br)ccc(Br)c21. The molecule has 0 aliphatic heterocycles. The number of ether oxygens (including phenoxy) is 2. The Balaban J connectivity index is 2.25. The van der Waals surface area contributed by atoms with Gasteiger partial charge in [-0.2, -0.15) is 0 Å². The first kappa shape index (κ1) is 24.1. The first-order valence-corrected chi connectivity index (χ1v) is 18.6. The van der Waals surface area contributed by atoms with E-state index in [1.54, 1.807) is 9.13 Å². The molecule has 0 aliphatic carbocycles. The lowest BCUT2D eigenvalue weighted by Crippen LogP contribution is -2.28. The molecule has 2 aromatic rings. The van der Waals surface area contributed by atoms with Gasteiger partial charge in [-0.25, -0.2) is 4.79 Å². The van der Waals surface area contributed by atoms with E-state index in [0.717, 1.165) is 32.1 Å². The number of rotatable bonds is 10. The van der Waals surface area contributed by atoms with Gasteiger partial charge in [0.2, 0.25) is 0 Å². The summed E-state index contributed by atoms with van der Waals surface area (Å²) in [5.74, 6) is 0. The molecule has 28 heavy (non-hydrogen) atoms. The Labute approximate surface area is 186 Å². The van der Waals surface area contributed by atoms with Crippen molar-refractivity contribution < 1.29 is 9.47 Å². The molecule has 9 heteroatoms. The van der Waals surface area contributed by atoms with Crippen molar-refractivity contribution in [2.45, 2.75) is 64.8 Å². The molecule has 2 rings (SSSR count). The van der Waals surface area contributed by atoms with Gasteiger partial charge >= 0.3 is 5.69 Å². The van der Waals surface area contributed by atoms with Gasteiger partial charge in [-0.05, 0) is 56.1 Å². The average molecular weight is 552 g/mol. The molecule has 158 valence electrons. The predicted molar refractivity (Wildman–Crippen MR) is 130 cm³/mol. The normalized spacial score (nSPS) is 12.9. The lowest BCUT2D eigenvalue weighted by Gasteiger charge is -2.15. The van der Waals surface area contributed by atoms with E-state index in [0.29, 0.717) is 13.2 Å². The summed E-state index contributed by atoms with van der Waals surface area (Å²) in [7, 11) is -2.33. The van der Waals surface area contributed by atoms with Gasteiger partial charge in [-0.3, -0.25) is 9.13 Å². The molecular weight excluding hydrogens is 520 g/mol. The van der Waals surface area contributed by atoms with E-state index < -0.39 is 16.1 Å². The first-order valence-electron chi connectivity index (χ1n) is 9.63. The topological polar surface area (TPSA) is 45.4 Å². The lowest BCUT2D eigenvalue weighted by atomic mass is 10.3. The largest absolute Gasteiger partial charge is 0.361 e. The summed E-state index contributed by atoms with van der Waals surface area (Å²) in [6.45, 7) is 15.8. The molecule has 0 fully saturated rings. The van der Waals surface area contributed by atoms with Crippen LogP contribution in [-0.4, -0.2) is 38.5 Å². The molecule has 0 saturated carbocycles. The quantitative estimate of drug-likeness (QED) is 0.270. The molecule has 1 heterocycles. The van der Waals surface area contributed by atoms with E-state index in [1.807, 2.05) is 12.1 Å². The zero-order valence-corrected chi connectivity index (χ0v) is 22.9. The summed E-state index contributed by atoms with van der Waals surface area (Å²) >= 11 is 7.20. The summed E-state index contributed by atoms with van der Waals surface area (Å²) in [5, 5.41) is 0. The van der Waals surface area contributed by atoms with Crippen LogP contribution < -0.4 is 5.69 Å². The van der Waals surface area contributed by atoms with Crippen LogP contribution in [0.3, 0.4) is 0 Å². The molecule has 0 bridgehead atoms. The van der Waals surface area contributed by atoms with Crippen molar-refractivity contribution in [1.29, 1.82) is 0 Å². The maximum Gasteiger partial charge on any atom is 0.332 e. The molecule has 0 spiro atoms. The van der Waals surface area contributed by atoms with Gasteiger partial charge in [-0.1, -0.05) is 39.3 Å². The fraction of sp³-hybridized carbons (Fsp3) is 0.632. The molecule has 0 saturated heterocycles. The zero-order valence-electron chi connectivity index (χ0n) is 17.8. The van der Waals surface area contributed by atoms with Crippen molar-refractivity contribution in [2.75, 3.05) is 13.2 Å². The minimum atomic E-state index is -1.17. The highest BCUT2D eigenvalue weighted by Gasteiger charge is 2.19. The van der Waals surface area contributed by atoms with Crippen LogP contribution in [0.25, 0.3) is 11.0 Å². The summed E-state index contributed by atoms with van der Waals surface area (Å²) in [6, 6.07) is 6.04. The highest BCUT2D eigenvalue weighted by Crippen LogP contribution is 2.30. The maximum atomic E-state index is 13.1. The molecule has 0 aliphatic rings. The second kappa shape index (κ2) is 9.74. The van der Waals surface area contributed by atoms with E-state index in [9.17, 15) is 4.79 Å². The van der Waals surface area contributed by atoms with Gasteiger partial charge < -0.3 is 9.47 Å². The third-order valence-electron chi connectivity index (χ3n) is 4.49. The number of imidazole rings is 1. The standard InChI is InChI=1S/C19H32Br2N2O3Si2/c1-27(2,3)11-9-25-13-22-17-15(20)7-8-16(21)18(17)23(19(22)24)14-26-10-12-28(4,5)6/h7-8H,9-14H2,1-6H3. The highest BCUT2D eigenvalue weighted by molar-refractivity contribution is 9.11. The van der Waals surface area contributed by atoms with Crippen LogP contribution in [0.15, 0.2) is 25.9 Å². The Bertz CT molecular complexity index is 799. The van der Waals surface area contributed by atoms with Gasteiger partial charge in [0.15, 0.2) is 0 Å². The third-order valence-corrected chi connectivity index (χ3v) is 9.18. The van der Waals surface area contributed by atoms with E-state index in [1.165, 1.54) is 0 Å². The minimum Gasteiger partial charge on any atom is -0.361 e. The van der Waals surface area contributed by atoms with Crippen LogP contribution in [0.2, 0.25) is 51.4 Å². The molecule has 0 atom stereocenters. The Morgan fingerprint density at radius 3 is 1.46 bits per heavy atom. The highest BCUT2D eigenvalue weighted by atomic mass is 79.9. The number of halogens is 2.